The van der Waals surface area contributed by atoms with Gasteiger partial charge in [0.05, 0.1) is 11.1 Å². The first-order chi connectivity index (χ1) is 31.7. The fraction of sp³-hybridized carbons (Fsp3) is 0.302. The number of aryl methyl sites for hydroxylation is 4. The SMILES string of the molecule is CCCCC(CCC)(c1ccc(C)cc1)N(c1ccc(C)cc1)c1ccc(C(c2ccccc2)c2ccc(C(CCCC)(C3=CC3)N(c3ccc(C)cc3)c3ccc(C)cc3)cc2)cc1. The van der Waals surface area contributed by atoms with E-state index in [2.05, 4.69) is 240 Å². The van der Waals surface area contributed by atoms with Gasteiger partial charge in [0, 0.05) is 28.7 Å². The van der Waals surface area contributed by atoms with Crippen LogP contribution in [0.2, 0.25) is 0 Å². The molecule has 2 heteroatoms. The Morgan fingerprint density at radius 2 is 0.785 bits per heavy atom. The third kappa shape index (κ3) is 9.65. The van der Waals surface area contributed by atoms with Crippen molar-refractivity contribution < 1.29 is 0 Å². The number of unbranched alkanes of at least 4 members (excludes halogenated alkanes) is 2. The van der Waals surface area contributed by atoms with Crippen LogP contribution in [0.15, 0.2) is 188 Å². The fourth-order valence-corrected chi connectivity index (χ4v) is 10.5. The Bertz CT molecular complexity index is 2560. The van der Waals surface area contributed by atoms with Gasteiger partial charge >= 0.3 is 0 Å². The van der Waals surface area contributed by atoms with Crippen molar-refractivity contribution in [1.82, 2.24) is 0 Å². The van der Waals surface area contributed by atoms with Crippen LogP contribution in [0.4, 0.5) is 22.7 Å². The number of rotatable bonds is 20. The Labute approximate surface area is 391 Å². The third-order valence-electron chi connectivity index (χ3n) is 14.1. The summed E-state index contributed by atoms with van der Waals surface area (Å²) in [5.74, 6) is 0.0696. The zero-order chi connectivity index (χ0) is 45.4. The van der Waals surface area contributed by atoms with Crippen LogP contribution >= 0.6 is 0 Å². The molecular formula is C63H70N2. The number of hydrogen-bond donors (Lipinski definition) is 0. The molecule has 7 aromatic rings. The summed E-state index contributed by atoms with van der Waals surface area (Å²) in [5, 5.41) is 0. The van der Waals surface area contributed by atoms with Crippen molar-refractivity contribution in [3.8, 4) is 0 Å². The second kappa shape index (κ2) is 20.4. The molecule has 0 N–H and O–H groups in total. The van der Waals surface area contributed by atoms with Crippen molar-refractivity contribution in [3.05, 3.63) is 238 Å². The summed E-state index contributed by atoms with van der Waals surface area (Å²) in [6.45, 7) is 15.7. The van der Waals surface area contributed by atoms with Gasteiger partial charge in [-0.2, -0.15) is 0 Å². The monoisotopic (exact) mass is 855 g/mol. The van der Waals surface area contributed by atoms with Crippen molar-refractivity contribution in [2.75, 3.05) is 9.80 Å². The van der Waals surface area contributed by atoms with Gasteiger partial charge in [-0.05, 0) is 135 Å². The van der Waals surface area contributed by atoms with Gasteiger partial charge in [-0.15, -0.1) is 0 Å². The lowest BCUT2D eigenvalue weighted by Crippen LogP contribution is -2.43. The summed E-state index contributed by atoms with van der Waals surface area (Å²) in [7, 11) is 0. The summed E-state index contributed by atoms with van der Waals surface area (Å²) in [5.41, 5.74) is 17.7. The zero-order valence-electron chi connectivity index (χ0n) is 40.2. The van der Waals surface area contributed by atoms with Gasteiger partial charge in [-0.1, -0.05) is 209 Å². The highest BCUT2D eigenvalue weighted by molar-refractivity contribution is 5.72. The molecule has 2 nitrogen and oxygen atoms in total. The molecular weight excluding hydrogens is 785 g/mol. The highest BCUT2D eigenvalue weighted by atomic mass is 15.2. The summed E-state index contributed by atoms with van der Waals surface area (Å²) in [6.07, 6.45) is 12.4. The van der Waals surface area contributed by atoms with Gasteiger partial charge in [0.15, 0.2) is 0 Å². The van der Waals surface area contributed by atoms with E-state index in [0.29, 0.717) is 0 Å². The average Bonchev–Trinajstić information content (AvgIpc) is 4.19. The van der Waals surface area contributed by atoms with Crippen LogP contribution in [-0.2, 0) is 11.1 Å². The summed E-state index contributed by atoms with van der Waals surface area (Å²) in [6, 6.07) is 67.4. The van der Waals surface area contributed by atoms with Gasteiger partial charge in [0.2, 0.25) is 0 Å². The molecule has 0 aromatic heterocycles. The molecule has 0 bridgehead atoms. The van der Waals surface area contributed by atoms with Gasteiger partial charge in [0.25, 0.3) is 0 Å². The van der Waals surface area contributed by atoms with Crippen LogP contribution in [0.3, 0.4) is 0 Å². The topological polar surface area (TPSA) is 6.48 Å². The van der Waals surface area contributed by atoms with Crippen molar-refractivity contribution in [1.29, 1.82) is 0 Å². The van der Waals surface area contributed by atoms with Crippen LogP contribution in [0, 0.1) is 27.7 Å². The minimum Gasteiger partial charge on any atom is -0.331 e. The molecule has 0 aliphatic heterocycles. The van der Waals surface area contributed by atoms with Gasteiger partial charge < -0.3 is 9.80 Å². The molecule has 0 spiro atoms. The molecule has 0 saturated heterocycles. The number of nitrogens with zero attached hydrogens (tertiary/aromatic N) is 2. The van der Waals surface area contributed by atoms with E-state index in [9.17, 15) is 0 Å². The predicted octanol–water partition coefficient (Wildman–Crippen LogP) is 17.7. The Morgan fingerprint density at radius 3 is 1.23 bits per heavy atom. The van der Waals surface area contributed by atoms with Crippen LogP contribution in [0.25, 0.3) is 0 Å². The zero-order valence-corrected chi connectivity index (χ0v) is 40.2. The van der Waals surface area contributed by atoms with Crippen molar-refractivity contribution in [3.63, 3.8) is 0 Å². The maximum atomic E-state index is 2.68. The molecule has 0 saturated carbocycles. The number of benzene rings is 7. The molecule has 7 aromatic carbocycles. The van der Waals surface area contributed by atoms with Crippen molar-refractivity contribution in [2.24, 2.45) is 0 Å². The smallest absolute Gasteiger partial charge is 0.0918 e. The van der Waals surface area contributed by atoms with Crippen molar-refractivity contribution >= 4 is 22.7 Å². The minimum absolute atomic E-state index is 0.0696. The first-order valence-corrected chi connectivity index (χ1v) is 24.5. The molecule has 1 aliphatic rings. The first kappa shape index (κ1) is 45.4. The van der Waals surface area contributed by atoms with E-state index in [-0.39, 0.29) is 17.0 Å². The lowest BCUT2D eigenvalue weighted by molar-refractivity contribution is 0.355. The number of anilines is 4. The third-order valence-corrected chi connectivity index (χ3v) is 14.1. The molecule has 65 heavy (non-hydrogen) atoms. The quantitative estimate of drug-likeness (QED) is 0.0557. The van der Waals surface area contributed by atoms with Crippen molar-refractivity contribution in [2.45, 2.75) is 123 Å². The van der Waals surface area contributed by atoms with E-state index in [1.54, 1.807) is 0 Å². The molecule has 3 atom stereocenters. The van der Waals surface area contributed by atoms with Crippen LogP contribution in [-0.4, -0.2) is 0 Å². The summed E-state index contributed by atoms with van der Waals surface area (Å²) < 4.78 is 0. The lowest BCUT2D eigenvalue weighted by Gasteiger charge is -2.47. The fourth-order valence-electron chi connectivity index (χ4n) is 10.5. The molecule has 3 unspecified atom stereocenters. The number of hydrogen-bond acceptors (Lipinski definition) is 2. The predicted molar refractivity (Wildman–Crippen MR) is 279 cm³/mol. The van der Waals surface area contributed by atoms with Gasteiger partial charge in [0.1, 0.15) is 0 Å². The Kier molecular flexibility index (Phi) is 14.2. The van der Waals surface area contributed by atoms with E-state index in [0.717, 1.165) is 57.8 Å². The van der Waals surface area contributed by atoms with Gasteiger partial charge in [-0.25, -0.2) is 0 Å². The standard InChI is InChI=1S/C63H70N2/c1-8-11-45-62(44-10-3,54-30-18-47(4)19-31-54)64(57-36-20-48(5)21-37-57)58-42-28-53(29-43-58)61(51-16-14-13-15-17-51)52-26-32-55(33-27-52)63(46-12-9-2,56-34-35-56)65(59-38-22-49(6)23-39-59)60-40-24-50(7)25-41-60/h13-34,36-43,61H,8-12,35,44-46H2,1-7H3. The molecule has 332 valence electrons. The Balaban J connectivity index is 1.24. The van der Waals surface area contributed by atoms with Crippen LogP contribution in [0.5, 0.6) is 0 Å². The maximum absolute atomic E-state index is 2.68. The largest absolute Gasteiger partial charge is 0.331 e. The molecule has 8 rings (SSSR count). The molecule has 0 amide bonds. The number of allylic oxidation sites excluding steroid dienone is 1. The summed E-state index contributed by atoms with van der Waals surface area (Å²) in [4.78, 5) is 5.33. The van der Waals surface area contributed by atoms with E-state index < -0.39 is 0 Å². The van der Waals surface area contributed by atoms with Crippen LogP contribution in [0.1, 0.15) is 135 Å². The van der Waals surface area contributed by atoms with E-state index in [4.69, 9.17) is 0 Å². The minimum atomic E-state index is -0.303. The molecule has 0 fully saturated rings. The average molecular weight is 855 g/mol. The molecule has 0 radical (unpaired) electrons. The Hall–Kier alpha value is -6.12. The highest BCUT2D eigenvalue weighted by Gasteiger charge is 2.46. The normalized spacial score (nSPS) is 14.5. The molecule has 0 heterocycles. The second-order valence-corrected chi connectivity index (χ2v) is 18.9. The molecule has 1 aliphatic carbocycles. The second-order valence-electron chi connectivity index (χ2n) is 18.9. The first-order valence-electron chi connectivity index (χ1n) is 24.5. The van der Waals surface area contributed by atoms with E-state index >= 15 is 0 Å². The lowest BCUT2D eigenvalue weighted by atomic mass is 9.77. The Morgan fingerprint density at radius 1 is 0.400 bits per heavy atom. The highest BCUT2D eigenvalue weighted by Crippen LogP contribution is 2.53. The van der Waals surface area contributed by atoms with E-state index in [1.165, 1.54) is 78.4 Å². The van der Waals surface area contributed by atoms with Crippen LogP contribution < -0.4 is 9.80 Å². The maximum Gasteiger partial charge on any atom is 0.0918 e. The van der Waals surface area contributed by atoms with Gasteiger partial charge in [-0.3, -0.25) is 0 Å². The van der Waals surface area contributed by atoms with E-state index in [1.807, 2.05) is 0 Å². The summed E-state index contributed by atoms with van der Waals surface area (Å²) >= 11 is 0.